The number of nitriles is 2. The van der Waals surface area contributed by atoms with Crippen molar-refractivity contribution in [3.63, 3.8) is 0 Å². The molecular weight excluding hydrogens is 454 g/mol. The van der Waals surface area contributed by atoms with Gasteiger partial charge in [-0.1, -0.05) is 91.0 Å². The normalized spacial score (nSPS) is 16.0. The molecule has 0 radical (unpaired) electrons. The molecule has 0 saturated heterocycles. The second-order valence-corrected chi connectivity index (χ2v) is 8.87. The number of hydrogen-bond donors (Lipinski definition) is 0. The first kappa shape index (κ1) is 22.2. The topological polar surface area (TPSA) is 93.1 Å². The minimum Gasteiger partial charge on any atom is -0.272 e. The first-order valence-electron chi connectivity index (χ1n) is 11.0. The lowest BCUT2D eigenvalue weighted by molar-refractivity contribution is -0.120. The van der Waals surface area contributed by atoms with Gasteiger partial charge in [0.25, 0.3) is 5.91 Å². The summed E-state index contributed by atoms with van der Waals surface area (Å²) in [5.74, 6) is -2.83. The first-order valence-corrected chi connectivity index (χ1v) is 11.9. The molecule has 2 atom stereocenters. The maximum Gasteiger partial charge on any atom is 0.259 e. The van der Waals surface area contributed by atoms with E-state index in [1.54, 1.807) is 0 Å². The molecule has 3 aromatic carbocycles. The summed E-state index contributed by atoms with van der Waals surface area (Å²) in [6.45, 7) is 0. The van der Waals surface area contributed by atoms with Crippen LogP contribution in [0.15, 0.2) is 101 Å². The van der Waals surface area contributed by atoms with Gasteiger partial charge in [0, 0.05) is 16.9 Å². The molecule has 7 heteroatoms. The number of hydrazone groups is 1. The molecule has 6 nitrogen and oxygen atoms in total. The summed E-state index contributed by atoms with van der Waals surface area (Å²) in [6.07, 6.45) is 0. The monoisotopic (exact) mass is 473 g/mol. The highest BCUT2D eigenvalue weighted by Gasteiger charge is 2.47. The predicted octanol–water partition coefficient (Wildman–Crippen LogP) is 5.62. The molecular formula is C28H19N5OS. The largest absolute Gasteiger partial charge is 0.272 e. The maximum absolute atomic E-state index is 13.9. The van der Waals surface area contributed by atoms with Crippen LogP contribution in [0.2, 0.25) is 0 Å². The molecule has 1 aliphatic heterocycles. The third-order valence-electron chi connectivity index (χ3n) is 5.97. The van der Waals surface area contributed by atoms with Gasteiger partial charge < -0.3 is 0 Å². The van der Waals surface area contributed by atoms with Crippen LogP contribution in [0.4, 0.5) is 5.13 Å². The quantitative estimate of drug-likeness (QED) is 0.363. The number of nitrogens with zero attached hydrogens (tertiary/aromatic N) is 5. The van der Waals surface area contributed by atoms with E-state index in [0.717, 1.165) is 22.4 Å². The molecule has 2 heterocycles. The molecule has 0 fully saturated rings. The van der Waals surface area contributed by atoms with E-state index in [2.05, 4.69) is 17.1 Å². The molecule has 35 heavy (non-hydrogen) atoms. The smallest absolute Gasteiger partial charge is 0.259 e. The van der Waals surface area contributed by atoms with Gasteiger partial charge in [0.1, 0.15) is 5.92 Å². The molecule has 2 unspecified atom stereocenters. The number of aromatic nitrogens is 1. The molecule has 1 amide bonds. The fourth-order valence-corrected chi connectivity index (χ4v) is 5.11. The predicted molar refractivity (Wildman–Crippen MR) is 135 cm³/mol. The fourth-order valence-electron chi connectivity index (χ4n) is 4.32. The lowest BCUT2D eigenvalue weighted by Gasteiger charge is -2.25. The van der Waals surface area contributed by atoms with Crippen molar-refractivity contribution in [2.45, 2.75) is 5.92 Å². The standard InChI is InChI=1S/C28H19N5OS/c29-16-22(17-30)24(20-12-6-2-7-13-20)25-26(21-14-8-3-9-15-21)32-33(27(25)34)28-31-23(18-35-28)19-10-4-1-5-11-19/h1-15,18,22,24-25H. The third kappa shape index (κ3) is 4.21. The molecule has 5 rings (SSSR count). The Morgan fingerprint density at radius 1 is 0.829 bits per heavy atom. The third-order valence-corrected chi connectivity index (χ3v) is 6.79. The van der Waals surface area contributed by atoms with Crippen LogP contribution in [0.25, 0.3) is 11.3 Å². The number of hydrogen-bond acceptors (Lipinski definition) is 6. The summed E-state index contributed by atoms with van der Waals surface area (Å²) < 4.78 is 0. The van der Waals surface area contributed by atoms with E-state index in [9.17, 15) is 15.3 Å². The van der Waals surface area contributed by atoms with Crippen LogP contribution in [0, 0.1) is 34.5 Å². The van der Waals surface area contributed by atoms with Crippen LogP contribution in [0.5, 0.6) is 0 Å². The van der Waals surface area contributed by atoms with Crippen LogP contribution in [0.3, 0.4) is 0 Å². The number of thiazole rings is 1. The molecule has 0 N–H and O–H groups in total. The van der Waals surface area contributed by atoms with Crippen molar-refractivity contribution in [3.8, 4) is 23.4 Å². The van der Waals surface area contributed by atoms with E-state index < -0.39 is 17.8 Å². The number of rotatable bonds is 6. The van der Waals surface area contributed by atoms with Crippen LogP contribution in [-0.2, 0) is 4.79 Å². The molecule has 1 aromatic heterocycles. The van der Waals surface area contributed by atoms with Crippen LogP contribution in [0.1, 0.15) is 17.0 Å². The van der Waals surface area contributed by atoms with E-state index in [0.29, 0.717) is 10.8 Å². The van der Waals surface area contributed by atoms with E-state index in [-0.39, 0.29) is 5.91 Å². The Labute approximate surface area is 207 Å². The first-order chi connectivity index (χ1) is 17.2. The van der Waals surface area contributed by atoms with Crippen molar-refractivity contribution >= 4 is 28.1 Å². The van der Waals surface area contributed by atoms with E-state index in [4.69, 9.17) is 5.10 Å². The number of benzene rings is 3. The van der Waals surface area contributed by atoms with Gasteiger partial charge in [-0.2, -0.15) is 20.6 Å². The summed E-state index contributed by atoms with van der Waals surface area (Å²) in [7, 11) is 0. The van der Waals surface area contributed by atoms with Gasteiger partial charge >= 0.3 is 0 Å². The Kier molecular flexibility index (Phi) is 6.17. The average Bonchev–Trinajstić information content (AvgIpc) is 3.54. The molecule has 0 bridgehead atoms. The maximum atomic E-state index is 13.9. The van der Waals surface area contributed by atoms with Gasteiger partial charge in [0.05, 0.1) is 29.5 Å². The molecule has 0 saturated carbocycles. The number of carbonyl (C=O) groups excluding carboxylic acids is 1. The van der Waals surface area contributed by atoms with Gasteiger partial charge in [-0.3, -0.25) is 4.79 Å². The Bertz CT molecular complexity index is 1440. The highest BCUT2D eigenvalue weighted by molar-refractivity contribution is 7.14. The SMILES string of the molecule is N#CC(C#N)C(c1ccccc1)C1C(=O)N(c2nc(-c3ccccc3)cs2)N=C1c1ccccc1. The second-order valence-electron chi connectivity index (χ2n) is 8.03. The Morgan fingerprint density at radius 3 is 2.00 bits per heavy atom. The summed E-state index contributed by atoms with van der Waals surface area (Å²) >= 11 is 1.33. The summed E-state index contributed by atoms with van der Waals surface area (Å²) in [6, 6.07) is 32.6. The van der Waals surface area contributed by atoms with Crippen LogP contribution < -0.4 is 5.01 Å². The number of anilines is 1. The van der Waals surface area contributed by atoms with Crippen molar-refractivity contribution < 1.29 is 4.79 Å². The number of carbonyl (C=O) groups is 1. The van der Waals surface area contributed by atoms with Crippen molar-refractivity contribution in [1.82, 2.24) is 4.98 Å². The van der Waals surface area contributed by atoms with Gasteiger partial charge in [0.2, 0.25) is 5.13 Å². The highest BCUT2D eigenvalue weighted by atomic mass is 32.1. The highest BCUT2D eigenvalue weighted by Crippen LogP contribution is 2.41. The van der Waals surface area contributed by atoms with Crippen LogP contribution >= 0.6 is 11.3 Å². The van der Waals surface area contributed by atoms with Gasteiger partial charge in [-0.25, -0.2) is 4.98 Å². The van der Waals surface area contributed by atoms with E-state index in [1.807, 2.05) is 96.4 Å². The molecule has 0 spiro atoms. The lowest BCUT2D eigenvalue weighted by atomic mass is 9.74. The Morgan fingerprint density at radius 2 is 1.40 bits per heavy atom. The van der Waals surface area contributed by atoms with Crippen molar-refractivity contribution in [2.24, 2.45) is 16.9 Å². The van der Waals surface area contributed by atoms with Gasteiger partial charge in [-0.05, 0) is 11.1 Å². The lowest BCUT2D eigenvalue weighted by Crippen LogP contribution is -2.35. The zero-order valence-corrected chi connectivity index (χ0v) is 19.3. The summed E-state index contributed by atoms with van der Waals surface area (Å²) in [4.78, 5) is 18.6. The molecule has 0 aliphatic carbocycles. The van der Waals surface area contributed by atoms with E-state index in [1.165, 1.54) is 16.3 Å². The minimum absolute atomic E-state index is 0.304. The molecule has 4 aromatic rings. The van der Waals surface area contributed by atoms with Gasteiger partial charge in [0.15, 0.2) is 0 Å². The van der Waals surface area contributed by atoms with Crippen molar-refractivity contribution in [2.75, 3.05) is 5.01 Å². The summed E-state index contributed by atoms with van der Waals surface area (Å²) in [5.41, 5.74) is 3.74. The Hall–Kier alpha value is -4.59. The molecule has 1 aliphatic rings. The number of amides is 1. The van der Waals surface area contributed by atoms with Crippen molar-refractivity contribution in [1.29, 1.82) is 10.5 Å². The second kappa shape index (κ2) is 9.72. The average molecular weight is 474 g/mol. The zero-order valence-electron chi connectivity index (χ0n) is 18.5. The molecule has 168 valence electrons. The minimum atomic E-state index is -1.03. The summed E-state index contributed by atoms with van der Waals surface area (Å²) in [5, 5.41) is 28.0. The fraction of sp³-hybridized carbons (Fsp3) is 0.107. The van der Waals surface area contributed by atoms with Crippen molar-refractivity contribution in [3.05, 3.63) is 108 Å². The van der Waals surface area contributed by atoms with Gasteiger partial charge in [-0.15, -0.1) is 11.3 Å². The van der Waals surface area contributed by atoms with E-state index >= 15 is 0 Å². The zero-order chi connectivity index (χ0) is 24.2. The Balaban J connectivity index is 1.62. The van der Waals surface area contributed by atoms with Crippen LogP contribution in [-0.4, -0.2) is 16.6 Å².